The molecule has 0 radical (unpaired) electrons. The molecule has 0 aromatic heterocycles. The van der Waals surface area contributed by atoms with Gasteiger partial charge in [0.25, 0.3) is 11.4 Å². The largest absolute Gasteiger partial charge is 0.392 e. The van der Waals surface area contributed by atoms with Crippen LogP contribution >= 0.6 is 0 Å². The van der Waals surface area contributed by atoms with Crippen LogP contribution in [0.1, 0.15) is 52.6 Å². The molecule has 9 heteroatoms. The summed E-state index contributed by atoms with van der Waals surface area (Å²) < 4.78 is 0. The number of nitrogens with zero attached hydrogens (tertiary/aromatic N) is 2. The first-order valence-corrected chi connectivity index (χ1v) is 8.29. The van der Waals surface area contributed by atoms with Crippen molar-refractivity contribution in [1.82, 2.24) is 0 Å². The zero-order valence-electron chi connectivity index (χ0n) is 15.7. The van der Waals surface area contributed by atoms with Gasteiger partial charge in [0.2, 0.25) is 0 Å². The average molecular weight is 388 g/mol. The quantitative estimate of drug-likeness (QED) is 0.452. The lowest BCUT2D eigenvalue weighted by Crippen LogP contribution is -2.01. The van der Waals surface area contributed by atoms with Crippen LogP contribution in [0.2, 0.25) is 0 Å². The van der Waals surface area contributed by atoms with E-state index in [9.17, 15) is 29.8 Å². The molecular weight excluding hydrogens is 368 g/mol. The molecule has 148 valence electrons. The third-order valence-electron chi connectivity index (χ3n) is 3.86. The van der Waals surface area contributed by atoms with E-state index in [-0.39, 0.29) is 40.7 Å². The Balaban J connectivity index is 0.000000280. The van der Waals surface area contributed by atoms with Gasteiger partial charge in [-0.15, -0.1) is 0 Å². The number of hydrogen-bond acceptors (Lipinski definition) is 7. The lowest BCUT2D eigenvalue weighted by Gasteiger charge is -2.01. The topological polar surface area (TPSA) is 141 Å². The number of carbonyl (C=O) groups is 2. The van der Waals surface area contributed by atoms with Crippen LogP contribution in [0.5, 0.6) is 0 Å². The Morgan fingerprint density at radius 1 is 0.857 bits per heavy atom. The molecule has 0 unspecified atom stereocenters. The lowest BCUT2D eigenvalue weighted by atomic mass is 10.0. The van der Waals surface area contributed by atoms with Crippen molar-refractivity contribution in [3.8, 4) is 0 Å². The van der Waals surface area contributed by atoms with Gasteiger partial charge >= 0.3 is 0 Å². The summed E-state index contributed by atoms with van der Waals surface area (Å²) >= 11 is 0. The normalized spacial score (nSPS) is 9.86. The van der Waals surface area contributed by atoms with Gasteiger partial charge in [0.15, 0.2) is 11.6 Å². The van der Waals surface area contributed by atoms with Gasteiger partial charge in [-0.2, -0.15) is 0 Å². The molecule has 28 heavy (non-hydrogen) atoms. The molecule has 0 aliphatic heterocycles. The van der Waals surface area contributed by atoms with Crippen molar-refractivity contribution in [2.24, 2.45) is 0 Å². The third kappa shape index (κ3) is 5.78. The Morgan fingerprint density at radius 3 is 1.57 bits per heavy atom. The van der Waals surface area contributed by atoms with E-state index in [0.717, 1.165) is 12.0 Å². The van der Waals surface area contributed by atoms with Crippen molar-refractivity contribution < 1.29 is 24.5 Å². The number of aliphatic hydroxyl groups is 1. The van der Waals surface area contributed by atoms with E-state index in [0.29, 0.717) is 5.56 Å². The van der Waals surface area contributed by atoms with Crippen LogP contribution in [-0.2, 0) is 13.0 Å². The Morgan fingerprint density at radius 2 is 1.25 bits per heavy atom. The minimum atomic E-state index is -0.613. The minimum absolute atomic E-state index is 0.0292. The number of ketones is 2. The van der Waals surface area contributed by atoms with Gasteiger partial charge < -0.3 is 5.11 Å². The van der Waals surface area contributed by atoms with Crippen LogP contribution in [0.3, 0.4) is 0 Å². The van der Waals surface area contributed by atoms with Crippen LogP contribution in [0.4, 0.5) is 11.4 Å². The fraction of sp³-hybridized carbons (Fsp3) is 0.263. The maximum atomic E-state index is 11.1. The number of hydrogen-bond donors (Lipinski definition) is 1. The average Bonchev–Trinajstić information content (AvgIpc) is 2.67. The zero-order chi connectivity index (χ0) is 21.4. The van der Waals surface area contributed by atoms with E-state index in [4.69, 9.17) is 5.11 Å². The molecule has 2 aromatic rings. The molecule has 1 N–H and O–H groups in total. The van der Waals surface area contributed by atoms with Crippen molar-refractivity contribution in [2.45, 2.75) is 33.8 Å². The fourth-order valence-corrected chi connectivity index (χ4v) is 2.37. The molecule has 0 fully saturated rings. The zero-order valence-corrected chi connectivity index (χ0v) is 15.7. The van der Waals surface area contributed by atoms with Gasteiger partial charge in [0.1, 0.15) is 0 Å². The smallest absolute Gasteiger partial charge is 0.280 e. The monoisotopic (exact) mass is 388 g/mol. The Bertz CT molecular complexity index is 847. The van der Waals surface area contributed by atoms with E-state index in [1.165, 1.54) is 38.1 Å². The third-order valence-corrected chi connectivity index (χ3v) is 3.86. The van der Waals surface area contributed by atoms with Crippen LogP contribution in [-0.4, -0.2) is 26.5 Å². The molecule has 0 saturated heterocycles. The minimum Gasteiger partial charge on any atom is -0.392 e. The standard InChI is InChI=1S/C10H11NO3.C9H9NO4/c1-3-8-4-5-10(11(13)14)9(6-8)7(2)12;1-6(12)8-4-7(5-11)2-3-9(8)10(13)14/h4-6H,3H2,1-2H3;2-4,11H,5H2,1H3. The van der Waals surface area contributed by atoms with E-state index < -0.39 is 9.85 Å². The fourth-order valence-electron chi connectivity index (χ4n) is 2.37. The highest BCUT2D eigenvalue weighted by Gasteiger charge is 2.17. The summed E-state index contributed by atoms with van der Waals surface area (Å²) in [7, 11) is 0. The second kappa shape index (κ2) is 10.0. The first-order valence-electron chi connectivity index (χ1n) is 8.29. The number of aryl methyl sites for hydroxylation is 1. The van der Waals surface area contributed by atoms with E-state index in [1.807, 2.05) is 6.92 Å². The predicted octanol–water partition coefficient (Wildman–Crippen LogP) is 3.65. The maximum absolute atomic E-state index is 11.1. The van der Waals surface area contributed by atoms with Gasteiger partial charge in [-0.1, -0.05) is 13.0 Å². The number of rotatable bonds is 6. The highest BCUT2D eigenvalue weighted by molar-refractivity contribution is 5.98. The van der Waals surface area contributed by atoms with Crippen LogP contribution in [0, 0.1) is 20.2 Å². The molecule has 2 aromatic carbocycles. The summed E-state index contributed by atoms with van der Waals surface area (Å²) in [5.74, 6) is -0.654. The van der Waals surface area contributed by atoms with Crippen molar-refractivity contribution in [3.05, 3.63) is 78.9 Å². The molecule has 9 nitrogen and oxygen atoms in total. The number of Topliss-reactive ketones (excluding diaryl/α,β-unsaturated/α-hetero) is 2. The van der Waals surface area contributed by atoms with Gasteiger partial charge in [-0.3, -0.25) is 29.8 Å². The molecule has 2 rings (SSSR count). The van der Waals surface area contributed by atoms with Gasteiger partial charge in [0, 0.05) is 12.1 Å². The maximum Gasteiger partial charge on any atom is 0.280 e. The Hall–Kier alpha value is -3.46. The first kappa shape index (κ1) is 22.6. The molecule has 0 spiro atoms. The molecule has 0 aliphatic rings. The summed E-state index contributed by atoms with van der Waals surface area (Å²) in [5.41, 5.74) is 1.29. The summed E-state index contributed by atoms with van der Waals surface area (Å²) in [6.45, 7) is 4.29. The molecule has 0 amide bonds. The second-order valence-corrected chi connectivity index (χ2v) is 5.84. The van der Waals surface area contributed by atoms with Crippen molar-refractivity contribution >= 4 is 22.9 Å². The summed E-state index contributed by atoms with van der Waals surface area (Å²) in [5, 5.41) is 29.9. The van der Waals surface area contributed by atoms with E-state index in [1.54, 1.807) is 12.1 Å². The van der Waals surface area contributed by atoms with E-state index >= 15 is 0 Å². The molecule has 0 bridgehead atoms. The molecule has 0 atom stereocenters. The summed E-state index contributed by atoms with van der Waals surface area (Å²) in [4.78, 5) is 42.1. The molecule has 0 saturated carbocycles. The highest BCUT2D eigenvalue weighted by Crippen LogP contribution is 2.21. The Kier molecular flexibility index (Phi) is 8.08. The number of aliphatic hydroxyl groups excluding tert-OH is 1. The van der Waals surface area contributed by atoms with Crippen LogP contribution < -0.4 is 0 Å². The van der Waals surface area contributed by atoms with Gasteiger partial charge in [-0.05, 0) is 49.6 Å². The highest BCUT2D eigenvalue weighted by atomic mass is 16.6. The lowest BCUT2D eigenvalue weighted by molar-refractivity contribution is -0.385. The second-order valence-electron chi connectivity index (χ2n) is 5.84. The van der Waals surface area contributed by atoms with Crippen LogP contribution in [0.15, 0.2) is 36.4 Å². The first-order chi connectivity index (χ1) is 13.1. The van der Waals surface area contributed by atoms with Crippen molar-refractivity contribution in [2.75, 3.05) is 0 Å². The van der Waals surface area contributed by atoms with Crippen LogP contribution in [0.25, 0.3) is 0 Å². The number of benzene rings is 2. The Labute approximate surface area is 160 Å². The SMILES string of the molecule is CC(=O)c1cc(CO)ccc1[N+](=O)[O-].CCc1ccc([N+](=O)[O-])c(C(C)=O)c1. The summed E-state index contributed by atoms with van der Waals surface area (Å²) in [6, 6.07) is 8.62. The number of nitro benzene ring substituents is 2. The summed E-state index contributed by atoms with van der Waals surface area (Å²) in [6.07, 6.45) is 0.762. The van der Waals surface area contributed by atoms with Crippen molar-refractivity contribution in [1.29, 1.82) is 0 Å². The molecule has 0 heterocycles. The molecule has 0 aliphatic carbocycles. The number of carbonyl (C=O) groups excluding carboxylic acids is 2. The van der Waals surface area contributed by atoms with Crippen molar-refractivity contribution in [3.63, 3.8) is 0 Å². The molecular formula is C19H20N2O7. The predicted molar refractivity (Wildman–Crippen MR) is 102 cm³/mol. The van der Waals surface area contributed by atoms with Gasteiger partial charge in [0.05, 0.1) is 27.6 Å². The van der Waals surface area contributed by atoms with Gasteiger partial charge in [-0.25, -0.2) is 0 Å². The number of nitro groups is 2. The van der Waals surface area contributed by atoms with E-state index in [2.05, 4.69) is 0 Å².